The van der Waals surface area contributed by atoms with E-state index in [0.717, 1.165) is 19.2 Å². The zero-order valence-corrected chi connectivity index (χ0v) is 16.8. The maximum atomic E-state index is 12.9. The van der Waals surface area contributed by atoms with Crippen LogP contribution in [0.4, 0.5) is 18.9 Å². The lowest BCUT2D eigenvalue weighted by Gasteiger charge is -2.10. The quantitative estimate of drug-likeness (QED) is 0.565. The van der Waals surface area contributed by atoms with Crippen LogP contribution < -0.4 is 5.32 Å². The molecule has 0 saturated carbocycles. The molecule has 0 aliphatic carbocycles. The third kappa shape index (κ3) is 4.80. The third-order valence-corrected chi connectivity index (χ3v) is 4.40. The number of hydrogen-bond acceptors (Lipinski definition) is 6. The number of ether oxygens (including phenoxy) is 2. The lowest BCUT2D eigenvalue weighted by molar-refractivity contribution is -0.137. The first-order valence-electron chi connectivity index (χ1n) is 9.03. The van der Waals surface area contributed by atoms with E-state index in [1.807, 2.05) is 0 Å². The van der Waals surface area contributed by atoms with Gasteiger partial charge in [0.05, 0.1) is 36.6 Å². The third-order valence-electron chi connectivity index (χ3n) is 4.40. The minimum atomic E-state index is -4.53. The summed E-state index contributed by atoms with van der Waals surface area (Å²) in [5.41, 5.74) is -0.735. The number of carbonyl (C=O) groups excluding carboxylic acids is 3. The number of esters is 2. The Morgan fingerprint density at radius 2 is 1.62 bits per heavy atom. The van der Waals surface area contributed by atoms with E-state index in [-0.39, 0.29) is 33.9 Å². The fourth-order valence-electron chi connectivity index (χ4n) is 2.83. The Bertz CT molecular complexity index is 1180. The molecular weight excluding hydrogens is 431 g/mol. The zero-order valence-electron chi connectivity index (χ0n) is 16.8. The SMILES string of the molecule is COC(=O)c1ccc(C(=O)OC)c(NC(=O)c2ccc(-c3cccc(C(F)(F)F)c3)o2)c1. The van der Waals surface area contributed by atoms with Gasteiger partial charge in [0.15, 0.2) is 5.76 Å². The average Bonchev–Trinajstić information content (AvgIpc) is 3.28. The first kappa shape index (κ1) is 22.6. The standard InChI is InChI=1S/C22H16F3NO6/c1-30-20(28)13-6-7-15(21(29)31-2)16(11-13)26-19(27)18-9-8-17(32-18)12-4-3-5-14(10-12)22(23,24)25/h3-11H,1-2H3,(H,26,27). The van der Waals surface area contributed by atoms with Crippen molar-refractivity contribution >= 4 is 23.5 Å². The fraction of sp³-hybridized carbons (Fsp3) is 0.136. The molecule has 0 spiro atoms. The van der Waals surface area contributed by atoms with Gasteiger partial charge in [-0.25, -0.2) is 9.59 Å². The molecule has 3 rings (SSSR count). The highest BCUT2D eigenvalue weighted by Crippen LogP contribution is 2.33. The van der Waals surface area contributed by atoms with Crippen LogP contribution in [0, 0.1) is 0 Å². The second-order valence-electron chi connectivity index (χ2n) is 6.44. The molecule has 0 unspecified atom stereocenters. The van der Waals surface area contributed by atoms with Crippen molar-refractivity contribution in [1.82, 2.24) is 0 Å². The van der Waals surface area contributed by atoms with Crippen LogP contribution in [0.3, 0.4) is 0 Å². The van der Waals surface area contributed by atoms with E-state index in [2.05, 4.69) is 14.8 Å². The van der Waals surface area contributed by atoms with Crippen molar-refractivity contribution in [3.63, 3.8) is 0 Å². The number of benzene rings is 2. The van der Waals surface area contributed by atoms with Gasteiger partial charge in [-0.1, -0.05) is 12.1 Å². The van der Waals surface area contributed by atoms with Gasteiger partial charge < -0.3 is 19.2 Å². The van der Waals surface area contributed by atoms with Crippen LogP contribution in [-0.4, -0.2) is 32.1 Å². The summed E-state index contributed by atoms with van der Waals surface area (Å²) in [5.74, 6) is -2.44. The Hall–Kier alpha value is -4.08. The van der Waals surface area contributed by atoms with E-state index in [4.69, 9.17) is 4.42 Å². The smallest absolute Gasteiger partial charge is 0.416 e. The Balaban J connectivity index is 1.90. The predicted octanol–water partition coefficient (Wildman–Crippen LogP) is 4.79. The number of nitrogens with one attached hydrogen (secondary N) is 1. The topological polar surface area (TPSA) is 94.8 Å². The predicted molar refractivity (Wildman–Crippen MR) is 106 cm³/mol. The number of carbonyl (C=O) groups is 3. The van der Waals surface area contributed by atoms with Gasteiger partial charge in [-0.05, 0) is 42.5 Å². The molecule has 2 aromatic carbocycles. The Morgan fingerprint density at radius 1 is 0.906 bits per heavy atom. The van der Waals surface area contributed by atoms with Crippen LogP contribution in [0.2, 0.25) is 0 Å². The second kappa shape index (κ2) is 8.96. The van der Waals surface area contributed by atoms with Crippen LogP contribution >= 0.6 is 0 Å². The summed E-state index contributed by atoms with van der Waals surface area (Å²) < 4.78 is 53.5. The lowest BCUT2D eigenvalue weighted by atomic mass is 10.1. The molecule has 0 bridgehead atoms. The minimum Gasteiger partial charge on any atom is -0.465 e. The molecule has 3 aromatic rings. The number of amides is 1. The molecule has 10 heteroatoms. The highest BCUT2D eigenvalue weighted by atomic mass is 19.4. The highest BCUT2D eigenvalue weighted by Gasteiger charge is 2.30. The van der Waals surface area contributed by atoms with Crippen molar-refractivity contribution in [2.24, 2.45) is 0 Å². The van der Waals surface area contributed by atoms with E-state index in [0.29, 0.717) is 0 Å². The average molecular weight is 447 g/mol. The van der Waals surface area contributed by atoms with E-state index >= 15 is 0 Å². The summed E-state index contributed by atoms with van der Waals surface area (Å²) in [7, 11) is 2.32. The number of methoxy groups -OCH3 is 2. The van der Waals surface area contributed by atoms with Crippen molar-refractivity contribution in [3.05, 3.63) is 77.0 Å². The molecule has 0 radical (unpaired) electrons. The lowest BCUT2D eigenvalue weighted by Crippen LogP contribution is -2.16. The van der Waals surface area contributed by atoms with E-state index < -0.39 is 29.6 Å². The van der Waals surface area contributed by atoms with Crippen molar-refractivity contribution in [2.45, 2.75) is 6.18 Å². The molecule has 1 N–H and O–H groups in total. The molecule has 32 heavy (non-hydrogen) atoms. The normalized spacial score (nSPS) is 11.0. The van der Waals surface area contributed by atoms with Gasteiger partial charge in [-0.3, -0.25) is 4.79 Å². The minimum absolute atomic E-state index is 0.0295. The molecule has 0 aliphatic rings. The molecule has 0 saturated heterocycles. The number of furan rings is 1. The molecule has 0 fully saturated rings. The molecule has 1 heterocycles. The van der Waals surface area contributed by atoms with E-state index in [1.165, 1.54) is 49.6 Å². The first-order chi connectivity index (χ1) is 15.1. The number of rotatable bonds is 5. The number of alkyl halides is 3. The van der Waals surface area contributed by atoms with Gasteiger partial charge in [-0.2, -0.15) is 13.2 Å². The van der Waals surface area contributed by atoms with Crippen molar-refractivity contribution in [1.29, 1.82) is 0 Å². The monoisotopic (exact) mass is 447 g/mol. The maximum absolute atomic E-state index is 12.9. The Morgan fingerprint density at radius 3 is 2.28 bits per heavy atom. The van der Waals surface area contributed by atoms with Crippen molar-refractivity contribution < 1.29 is 41.4 Å². The molecule has 166 valence electrons. The summed E-state index contributed by atoms with van der Waals surface area (Å²) in [5, 5.41) is 2.44. The van der Waals surface area contributed by atoms with Crippen LogP contribution in [0.5, 0.6) is 0 Å². The number of hydrogen-bond donors (Lipinski definition) is 1. The van der Waals surface area contributed by atoms with Crippen molar-refractivity contribution in [2.75, 3.05) is 19.5 Å². The fourth-order valence-corrected chi connectivity index (χ4v) is 2.83. The van der Waals surface area contributed by atoms with E-state index in [9.17, 15) is 27.6 Å². The van der Waals surface area contributed by atoms with Crippen LogP contribution in [0.15, 0.2) is 59.0 Å². The summed E-state index contributed by atoms with van der Waals surface area (Å²) in [4.78, 5) is 36.4. The van der Waals surface area contributed by atoms with Crippen LogP contribution in [-0.2, 0) is 15.7 Å². The molecule has 1 aromatic heterocycles. The molecule has 1 amide bonds. The highest BCUT2D eigenvalue weighted by molar-refractivity contribution is 6.08. The van der Waals surface area contributed by atoms with Gasteiger partial charge in [-0.15, -0.1) is 0 Å². The second-order valence-corrected chi connectivity index (χ2v) is 6.44. The van der Waals surface area contributed by atoms with Gasteiger partial charge in [0, 0.05) is 5.56 Å². The largest absolute Gasteiger partial charge is 0.465 e. The van der Waals surface area contributed by atoms with Crippen LogP contribution in [0.1, 0.15) is 36.8 Å². The van der Waals surface area contributed by atoms with Gasteiger partial charge >= 0.3 is 18.1 Å². The molecular formula is C22H16F3NO6. The summed E-state index contributed by atoms with van der Waals surface area (Å²) in [6.45, 7) is 0. The summed E-state index contributed by atoms with van der Waals surface area (Å²) >= 11 is 0. The maximum Gasteiger partial charge on any atom is 0.416 e. The van der Waals surface area contributed by atoms with Gasteiger partial charge in [0.1, 0.15) is 5.76 Å². The summed E-state index contributed by atoms with van der Waals surface area (Å²) in [6.07, 6.45) is -4.53. The zero-order chi connectivity index (χ0) is 23.5. The summed E-state index contributed by atoms with van der Waals surface area (Å²) in [6, 6.07) is 10.9. The van der Waals surface area contributed by atoms with Crippen molar-refractivity contribution in [3.8, 4) is 11.3 Å². The molecule has 7 nitrogen and oxygen atoms in total. The molecule has 0 aliphatic heterocycles. The van der Waals surface area contributed by atoms with Crippen LogP contribution in [0.25, 0.3) is 11.3 Å². The number of anilines is 1. The molecule has 0 atom stereocenters. The van der Waals surface area contributed by atoms with Gasteiger partial charge in [0.2, 0.25) is 0 Å². The van der Waals surface area contributed by atoms with E-state index in [1.54, 1.807) is 0 Å². The Labute approximate surface area is 179 Å². The number of halogens is 3. The Kier molecular flexibility index (Phi) is 6.33. The van der Waals surface area contributed by atoms with Gasteiger partial charge in [0.25, 0.3) is 5.91 Å². The first-order valence-corrected chi connectivity index (χ1v) is 9.03.